The highest BCUT2D eigenvalue weighted by molar-refractivity contribution is 6.18. The summed E-state index contributed by atoms with van der Waals surface area (Å²) in [4.78, 5) is 2.32. The molecule has 0 aliphatic carbocycles. The Morgan fingerprint density at radius 3 is 1.74 bits per heavy atom. The first-order valence-electron chi connectivity index (χ1n) is 14.3. The molecule has 0 amide bonds. The molecule has 1 N–H and O–H groups in total. The van der Waals surface area contributed by atoms with Gasteiger partial charge >= 0.3 is 0 Å². The molecule has 7 aromatic rings. The van der Waals surface area contributed by atoms with Gasteiger partial charge in [-0.25, -0.2) is 0 Å². The predicted molar refractivity (Wildman–Crippen MR) is 175 cm³/mol. The van der Waals surface area contributed by atoms with Crippen molar-refractivity contribution < 1.29 is 4.74 Å². The van der Waals surface area contributed by atoms with Gasteiger partial charge in [0.15, 0.2) is 12.0 Å². The highest BCUT2D eigenvalue weighted by Crippen LogP contribution is 2.50. The van der Waals surface area contributed by atoms with E-state index < -0.39 is 0 Å². The molecule has 8 rings (SSSR count). The Morgan fingerprint density at radius 2 is 1.00 bits per heavy atom. The average molecular weight is 541 g/mol. The van der Waals surface area contributed by atoms with E-state index in [2.05, 4.69) is 162 Å². The van der Waals surface area contributed by atoms with Crippen molar-refractivity contribution in [2.24, 2.45) is 0 Å². The second kappa shape index (κ2) is 10.1. The first-order chi connectivity index (χ1) is 20.8. The smallest absolute Gasteiger partial charge is 0.196 e. The number of benzene rings is 7. The summed E-state index contributed by atoms with van der Waals surface area (Å²) in [6.07, 6.45) is -0.241. The standard InChI is InChI=1S/C39H28N2O/c1-4-12-27(13-5-1)28-20-22-31(23-21-28)41(30-16-8-3-9-17-30)32-24-25-34-33-18-10-11-19-35(33)38-37(36(34)26-32)40-39(42-38)29-14-6-2-7-15-29/h1-26,39-40H. The van der Waals surface area contributed by atoms with E-state index in [1.54, 1.807) is 0 Å². The summed E-state index contributed by atoms with van der Waals surface area (Å²) in [5, 5.41) is 8.36. The minimum absolute atomic E-state index is 0.241. The molecule has 42 heavy (non-hydrogen) atoms. The molecular weight excluding hydrogens is 512 g/mol. The molecule has 200 valence electrons. The molecular formula is C39H28N2O. The van der Waals surface area contributed by atoms with Gasteiger partial charge in [0.2, 0.25) is 0 Å². The van der Waals surface area contributed by atoms with Crippen LogP contribution in [0.5, 0.6) is 5.75 Å². The summed E-state index contributed by atoms with van der Waals surface area (Å²) in [6, 6.07) is 55.5. The van der Waals surface area contributed by atoms with Crippen molar-refractivity contribution in [1.29, 1.82) is 0 Å². The van der Waals surface area contributed by atoms with Crippen molar-refractivity contribution in [3.8, 4) is 16.9 Å². The SMILES string of the molecule is c1ccc(-c2ccc(N(c3ccccc3)c3ccc4c(c3)c3c(c5ccccc54)OC(c4ccccc4)N3)cc2)cc1. The van der Waals surface area contributed by atoms with Gasteiger partial charge in [0, 0.05) is 33.4 Å². The minimum atomic E-state index is -0.241. The fourth-order valence-electron chi connectivity index (χ4n) is 6.07. The number of para-hydroxylation sites is 1. The van der Waals surface area contributed by atoms with Crippen LogP contribution in [0.3, 0.4) is 0 Å². The number of rotatable bonds is 5. The Balaban J connectivity index is 1.29. The number of fused-ring (bicyclic) bond motifs is 6. The second-order valence-electron chi connectivity index (χ2n) is 10.6. The zero-order valence-electron chi connectivity index (χ0n) is 22.9. The monoisotopic (exact) mass is 540 g/mol. The largest absolute Gasteiger partial charge is 0.464 e. The van der Waals surface area contributed by atoms with Crippen LogP contribution in [0.1, 0.15) is 11.8 Å². The summed E-state index contributed by atoms with van der Waals surface area (Å²) < 4.78 is 6.61. The Hall–Kier alpha value is -5.54. The number of nitrogens with one attached hydrogen (secondary N) is 1. The molecule has 0 fully saturated rings. The number of anilines is 4. The number of ether oxygens (including phenoxy) is 1. The lowest BCUT2D eigenvalue weighted by Gasteiger charge is -2.26. The van der Waals surface area contributed by atoms with Gasteiger partial charge in [-0.05, 0) is 58.3 Å². The topological polar surface area (TPSA) is 24.5 Å². The van der Waals surface area contributed by atoms with Crippen LogP contribution in [0.15, 0.2) is 158 Å². The van der Waals surface area contributed by atoms with Crippen molar-refractivity contribution in [3.05, 3.63) is 163 Å². The first kappa shape index (κ1) is 24.3. The zero-order valence-corrected chi connectivity index (χ0v) is 22.9. The van der Waals surface area contributed by atoms with Crippen molar-refractivity contribution in [1.82, 2.24) is 0 Å². The highest BCUT2D eigenvalue weighted by Gasteiger charge is 2.28. The molecule has 0 radical (unpaired) electrons. The van der Waals surface area contributed by atoms with E-state index in [9.17, 15) is 0 Å². The quantitative estimate of drug-likeness (QED) is 0.220. The lowest BCUT2D eigenvalue weighted by atomic mass is 9.98. The molecule has 0 spiro atoms. The summed E-state index contributed by atoms with van der Waals surface area (Å²) >= 11 is 0. The predicted octanol–water partition coefficient (Wildman–Crippen LogP) is 10.6. The van der Waals surface area contributed by atoms with E-state index in [-0.39, 0.29) is 6.23 Å². The zero-order chi connectivity index (χ0) is 27.9. The van der Waals surface area contributed by atoms with E-state index in [0.29, 0.717) is 0 Å². The van der Waals surface area contributed by atoms with Crippen molar-refractivity contribution >= 4 is 44.3 Å². The van der Waals surface area contributed by atoms with Crippen molar-refractivity contribution in [2.75, 3.05) is 10.2 Å². The van der Waals surface area contributed by atoms with Crippen LogP contribution in [0.25, 0.3) is 32.7 Å². The third-order valence-electron chi connectivity index (χ3n) is 8.08. The van der Waals surface area contributed by atoms with E-state index in [1.807, 2.05) is 6.07 Å². The van der Waals surface area contributed by atoms with Crippen molar-refractivity contribution in [3.63, 3.8) is 0 Å². The van der Waals surface area contributed by atoms with Gasteiger partial charge in [-0.2, -0.15) is 0 Å². The van der Waals surface area contributed by atoms with E-state index in [1.165, 1.54) is 21.9 Å². The first-order valence-corrected chi connectivity index (χ1v) is 14.3. The van der Waals surface area contributed by atoms with Crippen LogP contribution >= 0.6 is 0 Å². The number of hydrogen-bond donors (Lipinski definition) is 1. The third kappa shape index (κ3) is 4.15. The fourth-order valence-corrected chi connectivity index (χ4v) is 6.07. The molecule has 0 bridgehead atoms. The molecule has 0 saturated carbocycles. The summed E-state index contributed by atoms with van der Waals surface area (Å²) in [5.74, 6) is 0.905. The molecule has 1 atom stereocenters. The summed E-state index contributed by atoms with van der Waals surface area (Å²) in [5.41, 5.74) is 7.84. The van der Waals surface area contributed by atoms with Crippen LogP contribution in [0.4, 0.5) is 22.7 Å². The molecule has 3 heteroatoms. The Kier molecular flexibility index (Phi) is 5.86. The molecule has 1 unspecified atom stereocenters. The molecule has 3 nitrogen and oxygen atoms in total. The summed E-state index contributed by atoms with van der Waals surface area (Å²) in [7, 11) is 0. The van der Waals surface area contributed by atoms with Crippen molar-refractivity contribution in [2.45, 2.75) is 6.23 Å². The Bertz CT molecular complexity index is 2020. The average Bonchev–Trinajstić information content (AvgIpc) is 3.53. The summed E-state index contributed by atoms with van der Waals surface area (Å²) in [6.45, 7) is 0. The third-order valence-corrected chi connectivity index (χ3v) is 8.08. The molecule has 0 aromatic heterocycles. The lowest BCUT2D eigenvalue weighted by Crippen LogP contribution is -2.10. The van der Waals surface area contributed by atoms with E-state index in [4.69, 9.17) is 4.74 Å². The normalized spacial score (nSPS) is 13.9. The maximum Gasteiger partial charge on any atom is 0.196 e. The number of nitrogens with zero attached hydrogens (tertiary/aromatic N) is 1. The van der Waals surface area contributed by atoms with E-state index in [0.717, 1.165) is 44.8 Å². The Morgan fingerprint density at radius 1 is 0.452 bits per heavy atom. The van der Waals surface area contributed by atoms with Gasteiger partial charge in [-0.1, -0.05) is 121 Å². The van der Waals surface area contributed by atoms with Gasteiger partial charge in [0.05, 0.1) is 5.69 Å². The van der Waals surface area contributed by atoms with Crippen LogP contribution in [-0.2, 0) is 0 Å². The van der Waals surface area contributed by atoms with Gasteiger partial charge in [0.1, 0.15) is 0 Å². The maximum absolute atomic E-state index is 6.61. The van der Waals surface area contributed by atoms with Crippen LogP contribution in [0, 0.1) is 0 Å². The number of hydrogen-bond acceptors (Lipinski definition) is 3. The highest BCUT2D eigenvalue weighted by atomic mass is 16.5. The molecule has 1 aliphatic heterocycles. The molecule has 1 heterocycles. The molecule has 0 saturated heterocycles. The minimum Gasteiger partial charge on any atom is -0.464 e. The van der Waals surface area contributed by atoms with Gasteiger partial charge in [-0.3, -0.25) is 0 Å². The van der Waals surface area contributed by atoms with Gasteiger partial charge in [0.25, 0.3) is 0 Å². The van der Waals surface area contributed by atoms with Crippen LogP contribution in [0.2, 0.25) is 0 Å². The van der Waals surface area contributed by atoms with Crippen LogP contribution in [-0.4, -0.2) is 0 Å². The van der Waals surface area contributed by atoms with Gasteiger partial charge < -0.3 is 15.0 Å². The van der Waals surface area contributed by atoms with Gasteiger partial charge in [-0.15, -0.1) is 0 Å². The lowest BCUT2D eigenvalue weighted by molar-refractivity contribution is 0.262. The van der Waals surface area contributed by atoms with E-state index >= 15 is 0 Å². The Labute approximate surface area is 245 Å². The maximum atomic E-state index is 6.61. The second-order valence-corrected chi connectivity index (χ2v) is 10.6. The molecule has 7 aromatic carbocycles. The van der Waals surface area contributed by atoms with Crippen LogP contribution < -0.4 is 15.0 Å². The fraction of sp³-hybridized carbons (Fsp3) is 0.0256. The molecule has 1 aliphatic rings.